The summed E-state index contributed by atoms with van der Waals surface area (Å²) in [4.78, 5) is 29.5. The summed E-state index contributed by atoms with van der Waals surface area (Å²) in [6, 6.07) is 7.87. The van der Waals surface area contributed by atoms with Crippen LogP contribution in [0.2, 0.25) is 0 Å². The van der Waals surface area contributed by atoms with Gasteiger partial charge in [0.15, 0.2) is 0 Å². The van der Waals surface area contributed by atoms with Gasteiger partial charge >= 0.3 is 0 Å². The summed E-state index contributed by atoms with van der Waals surface area (Å²) in [7, 11) is 1.87. The van der Waals surface area contributed by atoms with Crippen molar-refractivity contribution in [1.29, 1.82) is 0 Å². The highest BCUT2D eigenvalue weighted by Crippen LogP contribution is 2.32. The van der Waals surface area contributed by atoms with Gasteiger partial charge in [0.2, 0.25) is 5.95 Å². The standard InChI is InChI=1S/C26H27N7O2/c1-17-24(35-20-9-10-27-23(13-20)18-14-29-31(2)16-18)8-7-22(30-17)21-15-28-26-32(19-5-3-6-19)11-4-12-33(26)25(21)34/h7-10,13-16,19H,3-6,11-12H2,1-2H3. The molecule has 0 atom stereocenters. The Morgan fingerprint density at radius 2 is 1.91 bits per heavy atom. The first-order chi connectivity index (χ1) is 17.1. The molecule has 1 fully saturated rings. The predicted octanol–water partition coefficient (Wildman–Crippen LogP) is 3.96. The molecule has 4 aromatic heterocycles. The van der Waals surface area contributed by atoms with Crippen molar-refractivity contribution in [2.45, 2.75) is 45.2 Å². The van der Waals surface area contributed by atoms with Crippen LogP contribution in [0.3, 0.4) is 0 Å². The predicted molar refractivity (Wildman–Crippen MR) is 133 cm³/mol. The SMILES string of the molecule is Cc1nc(-c2cnc3n(c2=O)CCCN3C2CCC2)ccc1Oc1ccnc(-c2cnn(C)c2)c1. The number of hydrogen-bond acceptors (Lipinski definition) is 7. The van der Waals surface area contributed by atoms with E-state index in [1.54, 1.807) is 29.3 Å². The van der Waals surface area contributed by atoms with Crippen molar-refractivity contribution >= 4 is 5.95 Å². The first kappa shape index (κ1) is 21.5. The number of pyridine rings is 2. The number of aryl methyl sites for hydroxylation is 2. The maximum atomic E-state index is 13.4. The van der Waals surface area contributed by atoms with E-state index in [-0.39, 0.29) is 5.56 Å². The van der Waals surface area contributed by atoms with Crippen molar-refractivity contribution < 1.29 is 4.74 Å². The Labute approximate surface area is 203 Å². The van der Waals surface area contributed by atoms with Crippen LogP contribution in [0.5, 0.6) is 11.5 Å². The van der Waals surface area contributed by atoms with Gasteiger partial charge in [-0.1, -0.05) is 0 Å². The molecule has 1 aliphatic carbocycles. The van der Waals surface area contributed by atoms with E-state index in [1.807, 2.05) is 42.9 Å². The van der Waals surface area contributed by atoms with Gasteiger partial charge in [-0.2, -0.15) is 5.10 Å². The van der Waals surface area contributed by atoms with Crippen LogP contribution in [-0.4, -0.2) is 41.9 Å². The molecule has 9 nitrogen and oxygen atoms in total. The van der Waals surface area contributed by atoms with Crippen LogP contribution < -0.4 is 15.2 Å². The molecule has 1 saturated carbocycles. The van der Waals surface area contributed by atoms with E-state index in [2.05, 4.69) is 15.0 Å². The highest BCUT2D eigenvalue weighted by atomic mass is 16.5. The Morgan fingerprint density at radius 1 is 1.03 bits per heavy atom. The van der Waals surface area contributed by atoms with Crippen LogP contribution in [0.15, 0.2) is 53.8 Å². The molecule has 35 heavy (non-hydrogen) atoms. The molecule has 5 heterocycles. The van der Waals surface area contributed by atoms with Crippen molar-refractivity contribution in [3.05, 3.63) is 65.1 Å². The molecule has 6 rings (SSSR count). The number of fused-ring (bicyclic) bond motifs is 1. The summed E-state index contributed by atoms with van der Waals surface area (Å²) in [5, 5.41) is 4.20. The Kier molecular flexibility index (Phi) is 5.32. The number of anilines is 1. The maximum Gasteiger partial charge on any atom is 0.264 e. The van der Waals surface area contributed by atoms with Gasteiger partial charge in [0.25, 0.3) is 5.56 Å². The minimum atomic E-state index is -0.0326. The quantitative estimate of drug-likeness (QED) is 0.437. The zero-order valence-corrected chi connectivity index (χ0v) is 19.9. The lowest BCUT2D eigenvalue weighted by Gasteiger charge is -2.41. The third-order valence-corrected chi connectivity index (χ3v) is 6.85. The van der Waals surface area contributed by atoms with Crippen LogP contribution >= 0.6 is 0 Å². The number of hydrogen-bond donors (Lipinski definition) is 0. The first-order valence-electron chi connectivity index (χ1n) is 12.0. The molecule has 0 aromatic carbocycles. The smallest absolute Gasteiger partial charge is 0.264 e. The fourth-order valence-corrected chi connectivity index (χ4v) is 4.75. The molecule has 0 spiro atoms. The van der Waals surface area contributed by atoms with Gasteiger partial charge < -0.3 is 9.64 Å². The molecule has 9 heteroatoms. The molecule has 0 unspecified atom stereocenters. The van der Waals surface area contributed by atoms with Crippen molar-refractivity contribution in [2.75, 3.05) is 11.4 Å². The van der Waals surface area contributed by atoms with Gasteiger partial charge in [-0.05, 0) is 50.8 Å². The highest BCUT2D eigenvalue weighted by Gasteiger charge is 2.30. The van der Waals surface area contributed by atoms with Crippen LogP contribution in [0.4, 0.5) is 5.95 Å². The van der Waals surface area contributed by atoms with Crippen molar-refractivity contribution in [1.82, 2.24) is 29.3 Å². The Balaban J connectivity index is 1.27. The summed E-state index contributed by atoms with van der Waals surface area (Å²) in [5.41, 5.74) is 3.48. The second-order valence-electron chi connectivity index (χ2n) is 9.22. The average molecular weight is 470 g/mol. The van der Waals surface area contributed by atoms with E-state index in [1.165, 1.54) is 19.3 Å². The fraction of sp³-hybridized carbons (Fsp3) is 0.346. The van der Waals surface area contributed by atoms with E-state index in [0.29, 0.717) is 41.0 Å². The molecular formula is C26H27N7O2. The molecule has 0 bridgehead atoms. The number of rotatable bonds is 5. The van der Waals surface area contributed by atoms with E-state index in [4.69, 9.17) is 14.7 Å². The minimum Gasteiger partial charge on any atom is -0.455 e. The van der Waals surface area contributed by atoms with Gasteiger partial charge in [0.1, 0.15) is 11.5 Å². The van der Waals surface area contributed by atoms with Crippen LogP contribution in [-0.2, 0) is 13.6 Å². The normalized spacial score (nSPS) is 15.5. The fourth-order valence-electron chi connectivity index (χ4n) is 4.75. The number of nitrogens with zero attached hydrogens (tertiary/aromatic N) is 7. The molecule has 4 aromatic rings. The number of aromatic nitrogens is 6. The van der Waals surface area contributed by atoms with E-state index in [0.717, 1.165) is 30.2 Å². The molecule has 2 aliphatic rings. The van der Waals surface area contributed by atoms with Gasteiger partial charge in [-0.15, -0.1) is 0 Å². The molecule has 1 aliphatic heterocycles. The zero-order valence-electron chi connectivity index (χ0n) is 19.9. The molecule has 0 amide bonds. The summed E-state index contributed by atoms with van der Waals surface area (Å²) >= 11 is 0. The van der Waals surface area contributed by atoms with Crippen LogP contribution in [0, 0.1) is 6.92 Å². The Morgan fingerprint density at radius 3 is 2.66 bits per heavy atom. The highest BCUT2D eigenvalue weighted by molar-refractivity contribution is 5.61. The van der Waals surface area contributed by atoms with Gasteiger partial charge in [-0.25, -0.2) is 9.97 Å². The van der Waals surface area contributed by atoms with Crippen LogP contribution in [0.1, 0.15) is 31.4 Å². The second-order valence-corrected chi connectivity index (χ2v) is 9.22. The first-order valence-corrected chi connectivity index (χ1v) is 12.0. The summed E-state index contributed by atoms with van der Waals surface area (Å²) in [5.74, 6) is 2.08. The van der Waals surface area contributed by atoms with E-state index >= 15 is 0 Å². The maximum absolute atomic E-state index is 13.4. The Hall–Kier alpha value is -4.01. The lowest BCUT2D eigenvalue weighted by atomic mass is 9.91. The van der Waals surface area contributed by atoms with Crippen molar-refractivity contribution in [3.8, 4) is 34.0 Å². The van der Waals surface area contributed by atoms with E-state index < -0.39 is 0 Å². The van der Waals surface area contributed by atoms with Crippen LogP contribution in [0.25, 0.3) is 22.5 Å². The molecule has 0 N–H and O–H groups in total. The van der Waals surface area contributed by atoms with E-state index in [9.17, 15) is 4.79 Å². The Bertz CT molecular complexity index is 1450. The summed E-state index contributed by atoms with van der Waals surface area (Å²) < 4.78 is 9.67. The third-order valence-electron chi connectivity index (χ3n) is 6.85. The third kappa shape index (κ3) is 3.96. The summed E-state index contributed by atoms with van der Waals surface area (Å²) in [6.07, 6.45) is 11.6. The van der Waals surface area contributed by atoms with Crippen molar-refractivity contribution in [3.63, 3.8) is 0 Å². The largest absolute Gasteiger partial charge is 0.455 e. The van der Waals surface area contributed by atoms with Crippen molar-refractivity contribution in [2.24, 2.45) is 7.05 Å². The lowest BCUT2D eigenvalue weighted by Crippen LogP contribution is -2.47. The van der Waals surface area contributed by atoms with Gasteiger partial charge in [0.05, 0.1) is 28.8 Å². The average Bonchev–Trinajstić information content (AvgIpc) is 3.27. The van der Waals surface area contributed by atoms with Gasteiger partial charge in [-0.3, -0.25) is 19.0 Å². The summed E-state index contributed by atoms with van der Waals surface area (Å²) in [6.45, 7) is 3.54. The molecule has 0 radical (unpaired) electrons. The minimum absolute atomic E-state index is 0.0326. The number of ether oxygens (including phenoxy) is 1. The molecule has 0 saturated heterocycles. The lowest BCUT2D eigenvalue weighted by molar-refractivity contribution is 0.358. The molecular weight excluding hydrogens is 442 g/mol. The monoisotopic (exact) mass is 469 g/mol. The van der Waals surface area contributed by atoms with Gasteiger partial charge in [0, 0.05) is 56.4 Å². The zero-order chi connectivity index (χ0) is 23.9. The topological polar surface area (TPSA) is 91.0 Å². The second kappa shape index (κ2) is 8.65. The molecule has 178 valence electrons.